The Balaban J connectivity index is 1.52. The molecule has 3 heteroatoms. The molecule has 2 rings (SSSR count). The molecule has 0 aliphatic carbocycles. The summed E-state index contributed by atoms with van der Waals surface area (Å²) in [5.41, 5.74) is 1.27. The molecular formula is C13H18O3. The first-order valence-corrected chi connectivity index (χ1v) is 5.85. The molecule has 0 amide bonds. The van der Waals surface area contributed by atoms with Gasteiger partial charge in [0.1, 0.15) is 6.61 Å². The van der Waals surface area contributed by atoms with Crippen molar-refractivity contribution in [3.63, 3.8) is 0 Å². The van der Waals surface area contributed by atoms with E-state index in [-0.39, 0.29) is 6.10 Å². The molecule has 0 bridgehead atoms. The van der Waals surface area contributed by atoms with Gasteiger partial charge in [-0.3, -0.25) is 0 Å². The Morgan fingerprint density at radius 2 is 2.06 bits per heavy atom. The monoisotopic (exact) mass is 222 g/mol. The van der Waals surface area contributed by atoms with E-state index in [0.29, 0.717) is 13.2 Å². The van der Waals surface area contributed by atoms with E-state index < -0.39 is 0 Å². The number of hydrogen-bond donors (Lipinski definition) is 0. The molecule has 0 radical (unpaired) electrons. The standard InChI is InChI=1S/C13H18O3/c1-2-5-12(6-3-1)8-10-15-16-11-13-7-4-9-14-13/h1-3,5-6,13H,4,7-11H2. The van der Waals surface area contributed by atoms with Crippen molar-refractivity contribution in [3.05, 3.63) is 35.9 Å². The highest BCUT2D eigenvalue weighted by atomic mass is 17.2. The molecule has 1 aromatic rings. The number of benzene rings is 1. The first-order chi connectivity index (χ1) is 7.95. The van der Waals surface area contributed by atoms with Crippen LogP contribution in [0.15, 0.2) is 30.3 Å². The summed E-state index contributed by atoms with van der Waals surface area (Å²) in [6.45, 7) is 2.00. The zero-order chi connectivity index (χ0) is 11.1. The Labute approximate surface area is 96.3 Å². The van der Waals surface area contributed by atoms with E-state index in [1.54, 1.807) is 0 Å². The fraction of sp³-hybridized carbons (Fsp3) is 0.538. The van der Waals surface area contributed by atoms with Gasteiger partial charge < -0.3 is 4.74 Å². The molecule has 0 spiro atoms. The van der Waals surface area contributed by atoms with Gasteiger partial charge in [-0.15, -0.1) is 0 Å². The highest BCUT2D eigenvalue weighted by Crippen LogP contribution is 2.12. The van der Waals surface area contributed by atoms with Gasteiger partial charge in [0.25, 0.3) is 0 Å². The molecular weight excluding hydrogens is 204 g/mol. The van der Waals surface area contributed by atoms with E-state index in [1.807, 2.05) is 18.2 Å². The van der Waals surface area contributed by atoms with Crippen molar-refractivity contribution < 1.29 is 14.5 Å². The molecule has 0 N–H and O–H groups in total. The Hall–Kier alpha value is -0.900. The van der Waals surface area contributed by atoms with Gasteiger partial charge in [0.15, 0.2) is 0 Å². The largest absolute Gasteiger partial charge is 0.376 e. The molecule has 3 nitrogen and oxygen atoms in total. The van der Waals surface area contributed by atoms with Crippen LogP contribution in [-0.2, 0) is 20.9 Å². The fourth-order valence-electron chi connectivity index (χ4n) is 1.76. The molecule has 0 aromatic heterocycles. The van der Waals surface area contributed by atoms with Crippen LogP contribution in [0.4, 0.5) is 0 Å². The van der Waals surface area contributed by atoms with Crippen molar-refractivity contribution in [3.8, 4) is 0 Å². The van der Waals surface area contributed by atoms with Crippen LogP contribution < -0.4 is 0 Å². The van der Waals surface area contributed by atoms with Crippen molar-refractivity contribution in [2.75, 3.05) is 19.8 Å². The fourth-order valence-corrected chi connectivity index (χ4v) is 1.76. The molecule has 0 saturated carbocycles. The first kappa shape index (κ1) is 11.6. The van der Waals surface area contributed by atoms with Crippen LogP contribution in [0, 0.1) is 0 Å². The molecule has 1 aliphatic heterocycles. The minimum absolute atomic E-state index is 0.233. The molecule has 1 aromatic carbocycles. The van der Waals surface area contributed by atoms with Gasteiger partial charge in [-0.2, -0.15) is 0 Å². The molecule has 1 unspecified atom stereocenters. The SMILES string of the molecule is c1ccc(CCOOCC2CCCO2)cc1. The van der Waals surface area contributed by atoms with Crippen LogP contribution >= 0.6 is 0 Å². The highest BCUT2D eigenvalue weighted by Gasteiger charge is 2.15. The van der Waals surface area contributed by atoms with Crippen LogP contribution in [0.1, 0.15) is 18.4 Å². The zero-order valence-corrected chi connectivity index (χ0v) is 9.43. The van der Waals surface area contributed by atoms with E-state index in [2.05, 4.69) is 12.1 Å². The minimum atomic E-state index is 0.233. The average Bonchev–Trinajstić information content (AvgIpc) is 2.83. The summed E-state index contributed by atoms with van der Waals surface area (Å²) in [6.07, 6.45) is 3.34. The van der Waals surface area contributed by atoms with Gasteiger partial charge in [-0.1, -0.05) is 30.3 Å². The number of ether oxygens (including phenoxy) is 1. The number of hydrogen-bond acceptors (Lipinski definition) is 3. The third-order valence-electron chi connectivity index (χ3n) is 2.68. The highest BCUT2D eigenvalue weighted by molar-refractivity contribution is 5.14. The second-order valence-corrected chi connectivity index (χ2v) is 3.98. The Morgan fingerprint density at radius 3 is 2.81 bits per heavy atom. The second kappa shape index (κ2) is 6.63. The summed E-state index contributed by atoms with van der Waals surface area (Å²) in [5.74, 6) is 0. The maximum absolute atomic E-state index is 5.41. The van der Waals surface area contributed by atoms with Gasteiger partial charge >= 0.3 is 0 Å². The predicted molar refractivity (Wildman–Crippen MR) is 61.0 cm³/mol. The van der Waals surface area contributed by atoms with E-state index >= 15 is 0 Å². The third kappa shape index (κ3) is 3.93. The second-order valence-electron chi connectivity index (χ2n) is 3.98. The summed E-state index contributed by atoms with van der Waals surface area (Å²) in [6, 6.07) is 10.2. The van der Waals surface area contributed by atoms with Crippen LogP contribution in [0.2, 0.25) is 0 Å². The summed E-state index contributed by atoms with van der Waals surface area (Å²) in [5, 5.41) is 0. The van der Waals surface area contributed by atoms with Crippen LogP contribution in [0.3, 0.4) is 0 Å². The lowest BCUT2D eigenvalue weighted by atomic mass is 10.2. The van der Waals surface area contributed by atoms with Gasteiger partial charge in [0.05, 0.1) is 12.7 Å². The molecule has 1 aliphatic rings. The van der Waals surface area contributed by atoms with E-state index in [0.717, 1.165) is 25.9 Å². The van der Waals surface area contributed by atoms with E-state index in [9.17, 15) is 0 Å². The predicted octanol–water partition coefficient (Wildman–Crippen LogP) is 2.36. The lowest BCUT2D eigenvalue weighted by Gasteiger charge is -2.09. The van der Waals surface area contributed by atoms with E-state index in [1.165, 1.54) is 5.56 Å². The van der Waals surface area contributed by atoms with Crippen molar-refractivity contribution in [1.29, 1.82) is 0 Å². The normalized spacial score (nSPS) is 20.1. The summed E-state index contributed by atoms with van der Waals surface area (Å²) >= 11 is 0. The smallest absolute Gasteiger partial charge is 0.108 e. The lowest BCUT2D eigenvalue weighted by molar-refractivity contribution is -0.304. The van der Waals surface area contributed by atoms with Crippen LogP contribution in [-0.4, -0.2) is 25.9 Å². The molecule has 1 fully saturated rings. The average molecular weight is 222 g/mol. The lowest BCUT2D eigenvalue weighted by Crippen LogP contribution is -2.14. The van der Waals surface area contributed by atoms with Gasteiger partial charge in [-0.25, -0.2) is 9.78 Å². The maximum atomic E-state index is 5.41. The molecule has 1 saturated heterocycles. The molecule has 88 valence electrons. The van der Waals surface area contributed by atoms with Crippen LogP contribution in [0.5, 0.6) is 0 Å². The number of rotatable bonds is 6. The Kier molecular flexibility index (Phi) is 4.80. The maximum Gasteiger partial charge on any atom is 0.108 e. The van der Waals surface area contributed by atoms with Crippen molar-refractivity contribution in [1.82, 2.24) is 0 Å². The van der Waals surface area contributed by atoms with Crippen molar-refractivity contribution in [2.45, 2.75) is 25.4 Å². The van der Waals surface area contributed by atoms with Gasteiger partial charge in [-0.05, 0) is 24.8 Å². The first-order valence-electron chi connectivity index (χ1n) is 5.85. The molecule has 1 atom stereocenters. The Morgan fingerprint density at radius 1 is 1.19 bits per heavy atom. The van der Waals surface area contributed by atoms with Crippen LogP contribution in [0.25, 0.3) is 0 Å². The quantitative estimate of drug-likeness (QED) is 0.420. The van der Waals surface area contributed by atoms with E-state index in [4.69, 9.17) is 14.5 Å². The van der Waals surface area contributed by atoms with Crippen molar-refractivity contribution in [2.24, 2.45) is 0 Å². The summed E-state index contributed by atoms with van der Waals surface area (Å²) in [7, 11) is 0. The zero-order valence-electron chi connectivity index (χ0n) is 9.43. The van der Waals surface area contributed by atoms with Gasteiger partial charge in [0, 0.05) is 6.61 Å². The summed E-state index contributed by atoms with van der Waals surface area (Å²) in [4.78, 5) is 10.2. The summed E-state index contributed by atoms with van der Waals surface area (Å²) < 4.78 is 5.41. The minimum Gasteiger partial charge on any atom is -0.376 e. The van der Waals surface area contributed by atoms with Gasteiger partial charge in [0.2, 0.25) is 0 Å². The molecule has 1 heterocycles. The van der Waals surface area contributed by atoms with Crippen molar-refractivity contribution >= 4 is 0 Å². The third-order valence-corrected chi connectivity index (χ3v) is 2.68. The molecule has 16 heavy (non-hydrogen) atoms. The Bertz CT molecular complexity index is 280. The topological polar surface area (TPSA) is 27.7 Å².